The standard InChI is InChI=1S/C19H16O6/c20-12-5-4-10(7-13(12)21)15-8-14(22)18-17(25-15)9-16-11(19(18)23)3-1-2-6-24-16/h1,3-5,7,9,15,20-21,23H,2,6,8H2. The van der Waals surface area contributed by atoms with Crippen molar-refractivity contribution >= 4 is 11.9 Å². The lowest BCUT2D eigenvalue weighted by Gasteiger charge is -2.27. The van der Waals surface area contributed by atoms with Crippen molar-refractivity contribution in [1.82, 2.24) is 0 Å². The number of rotatable bonds is 1. The van der Waals surface area contributed by atoms with E-state index in [9.17, 15) is 20.1 Å². The normalized spacial score (nSPS) is 18.6. The second kappa shape index (κ2) is 5.73. The molecule has 2 aromatic carbocycles. The lowest BCUT2D eigenvalue weighted by atomic mass is 9.93. The van der Waals surface area contributed by atoms with Gasteiger partial charge in [-0.25, -0.2) is 0 Å². The van der Waals surface area contributed by atoms with Crippen molar-refractivity contribution in [2.75, 3.05) is 6.61 Å². The number of hydrogen-bond donors (Lipinski definition) is 3. The molecule has 0 amide bonds. The number of carbonyl (C=O) groups is 1. The molecule has 0 aliphatic carbocycles. The summed E-state index contributed by atoms with van der Waals surface area (Å²) in [6.45, 7) is 0.477. The Bertz CT molecular complexity index is 899. The summed E-state index contributed by atoms with van der Waals surface area (Å²) in [6.07, 6.45) is 3.74. The molecule has 0 spiro atoms. The van der Waals surface area contributed by atoms with Gasteiger partial charge in [-0.2, -0.15) is 0 Å². The minimum Gasteiger partial charge on any atom is -0.506 e. The number of carbonyl (C=O) groups excluding carboxylic acids is 1. The fourth-order valence-electron chi connectivity index (χ4n) is 3.11. The van der Waals surface area contributed by atoms with E-state index in [0.29, 0.717) is 29.9 Å². The molecular formula is C19H16O6. The highest BCUT2D eigenvalue weighted by Crippen LogP contribution is 2.46. The molecule has 2 heterocycles. The van der Waals surface area contributed by atoms with Crippen molar-refractivity contribution in [3.63, 3.8) is 0 Å². The maximum absolute atomic E-state index is 12.6. The van der Waals surface area contributed by atoms with Crippen LogP contribution in [0.15, 0.2) is 30.3 Å². The summed E-state index contributed by atoms with van der Waals surface area (Å²) in [5, 5.41) is 29.6. The van der Waals surface area contributed by atoms with Crippen LogP contribution in [0.1, 0.15) is 40.4 Å². The Morgan fingerprint density at radius 2 is 1.88 bits per heavy atom. The van der Waals surface area contributed by atoms with Crippen LogP contribution in [-0.2, 0) is 0 Å². The van der Waals surface area contributed by atoms with Crippen LogP contribution >= 0.6 is 0 Å². The maximum atomic E-state index is 12.6. The summed E-state index contributed by atoms with van der Waals surface area (Å²) in [4.78, 5) is 12.6. The molecule has 3 N–H and O–H groups in total. The number of ether oxygens (including phenoxy) is 2. The highest BCUT2D eigenvalue weighted by Gasteiger charge is 2.33. The summed E-state index contributed by atoms with van der Waals surface area (Å²) in [5.74, 6) is -0.196. The monoisotopic (exact) mass is 340 g/mol. The second-order valence-electron chi connectivity index (χ2n) is 6.03. The van der Waals surface area contributed by atoms with Crippen LogP contribution in [0.3, 0.4) is 0 Å². The third kappa shape index (κ3) is 2.55. The molecule has 2 aliphatic rings. The summed E-state index contributed by atoms with van der Waals surface area (Å²) >= 11 is 0. The van der Waals surface area contributed by atoms with E-state index in [1.165, 1.54) is 12.1 Å². The van der Waals surface area contributed by atoms with Crippen LogP contribution in [0.4, 0.5) is 0 Å². The number of fused-ring (bicyclic) bond motifs is 2. The fourth-order valence-corrected chi connectivity index (χ4v) is 3.11. The third-order valence-electron chi connectivity index (χ3n) is 4.38. The number of ketones is 1. The molecule has 0 aromatic heterocycles. The van der Waals surface area contributed by atoms with Gasteiger partial charge in [-0.1, -0.05) is 18.2 Å². The molecule has 4 rings (SSSR count). The van der Waals surface area contributed by atoms with E-state index in [0.717, 1.165) is 0 Å². The molecular weight excluding hydrogens is 324 g/mol. The van der Waals surface area contributed by atoms with Gasteiger partial charge in [-0.3, -0.25) is 4.79 Å². The Balaban J connectivity index is 1.77. The molecule has 1 unspecified atom stereocenters. The quantitative estimate of drug-likeness (QED) is 0.689. The Morgan fingerprint density at radius 1 is 1.04 bits per heavy atom. The smallest absolute Gasteiger partial charge is 0.174 e. The first-order valence-electron chi connectivity index (χ1n) is 7.95. The zero-order valence-corrected chi connectivity index (χ0v) is 13.2. The van der Waals surface area contributed by atoms with E-state index in [4.69, 9.17) is 9.47 Å². The van der Waals surface area contributed by atoms with Gasteiger partial charge in [0.15, 0.2) is 17.3 Å². The van der Waals surface area contributed by atoms with Gasteiger partial charge in [0.1, 0.15) is 28.9 Å². The average Bonchev–Trinajstić information content (AvgIpc) is 2.82. The summed E-state index contributed by atoms with van der Waals surface area (Å²) in [7, 11) is 0. The van der Waals surface area contributed by atoms with E-state index in [-0.39, 0.29) is 40.8 Å². The van der Waals surface area contributed by atoms with Crippen molar-refractivity contribution < 1.29 is 29.6 Å². The number of Topliss-reactive ketones (excluding diaryl/α,β-unsaturated/α-hetero) is 1. The van der Waals surface area contributed by atoms with Gasteiger partial charge in [-0.15, -0.1) is 0 Å². The molecule has 0 radical (unpaired) electrons. The molecule has 6 nitrogen and oxygen atoms in total. The topological polar surface area (TPSA) is 96.2 Å². The van der Waals surface area contributed by atoms with E-state index in [1.807, 2.05) is 6.08 Å². The lowest BCUT2D eigenvalue weighted by molar-refractivity contribution is 0.0844. The molecule has 0 fully saturated rings. The van der Waals surface area contributed by atoms with E-state index < -0.39 is 6.10 Å². The van der Waals surface area contributed by atoms with Gasteiger partial charge < -0.3 is 24.8 Å². The predicted octanol–water partition coefficient (Wildman–Crippen LogP) is 3.31. The minimum absolute atomic E-state index is 0.0220. The Kier molecular flexibility index (Phi) is 3.53. The van der Waals surface area contributed by atoms with Crippen molar-refractivity contribution in [3.05, 3.63) is 47.0 Å². The molecule has 0 bridgehead atoms. The van der Waals surface area contributed by atoms with Crippen molar-refractivity contribution in [1.29, 1.82) is 0 Å². The highest BCUT2D eigenvalue weighted by atomic mass is 16.5. The van der Waals surface area contributed by atoms with Crippen molar-refractivity contribution in [2.24, 2.45) is 0 Å². The van der Waals surface area contributed by atoms with E-state index in [1.54, 1.807) is 18.2 Å². The Hall–Kier alpha value is -3.15. The molecule has 2 aromatic rings. The first-order valence-corrected chi connectivity index (χ1v) is 7.95. The van der Waals surface area contributed by atoms with Crippen LogP contribution in [0.5, 0.6) is 28.7 Å². The van der Waals surface area contributed by atoms with Gasteiger partial charge >= 0.3 is 0 Å². The average molecular weight is 340 g/mol. The van der Waals surface area contributed by atoms with Crippen LogP contribution in [-0.4, -0.2) is 27.7 Å². The van der Waals surface area contributed by atoms with Gasteiger partial charge in [0.2, 0.25) is 0 Å². The van der Waals surface area contributed by atoms with Crippen LogP contribution in [0.25, 0.3) is 6.08 Å². The summed E-state index contributed by atoms with van der Waals surface area (Å²) in [6, 6.07) is 5.90. The number of benzene rings is 2. The zero-order chi connectivity index (χ0) is 17.6. The van der Waals surface area contributed by atoms with E-state index >= 15 is 0 Å². The molecule has 0 saturated heterocycles. The first-order chi connectivity index (χ1) is 12.0. The molecule has 25 heavy (non-hydrogen) atoms. The Labute approximate surface area is 143 Å². The zero-order valence-electron chi connectivity index (χ0n) is 13.2. The van der Waals surface area contributed by atoms with Crippen LogP contribution < -0.4 is 9.47 Å². The van der Waals surface area contributed by atoms with Crippen molar-refractivity contribution in [2.45, 2.75) is 18.9 Å². The largest absolute Gasteiger partial charge is 0.506 e. The van der Waals surface area contributed by atoms with E-state index in [2.05, 4.69) is 0 Å². The molecule has 1 atom stereocenters. The maximum Gasteiger partial charge on any atom is 0.174 e. The van der Waals surface area contributed by atoms with Crippen LogP contribution in [0.2, 0.25) is 0 Å². The number of hydrogen-bond acceptors (Lipinski definition) is 6. The SMILES string of the molecule is O=C1CC(c2ccc(O)c(O)c2)Oc2cc3c(c(O)c21)C=CCCO3. The van der Waals surface area contributed by atoms with Gasteiger partial charge in [0.25, 0.3) is 0 Å². The minimum atomic E-state index is -0.620. The summed E-state index contributed by atoms with van der Waals surface area (Å²) in [5.41, 5.74) is 1.19. The second-order valence-corrected chi connectivity index (χ2v) is 6.03. The predicted molar refractivity (Wildman–Crippen MR) is 89.3 cm³/mol. The van der Waals surface area contributed by atoms with Crippen LogP contribution in [0, 0.1) is 0 Å². The molecule has 2 aliphatic heterocycles. The van der Waals surface area contributed by atoms with Crippen molar-refractivity contribution in [3.8, 4) is 28.7 Å². The summed E-state index contributed by atoms with van der Waals surface area (Å²) < 4.78 is 11.5. The van der Waals surface area contributed by atoms with Gasteiger partial charge in [-0.05, 0) is 24.1 Å². The number of aromatic hydroxyl groups is 3. The molecule has 0 saturated carbocycles. The lowest BCUT2D eigenvalue weighted by Crippen LogP contribution is -2.21. The van der Waals surface area contributed by atoms with Gasteiger partial charge in [0.05, 0.1) is 18.6 Å². The number of phenols is 3. The third-order valence-corrected chi connectivity index (χ3v) is 4.38. The fraction of sp³-hybridized carbons (Fsp3) is 0.211. The molecule has 6 heteroatoms. The number of phenolic OH excluding ortho intramolecular Hbond substituents is 3. The van der Waals surface area contributed by atoms with Gasteiger partial charge in [0, 0.05) is 6.07 Å². The first kappa shape index (κ1) is 15.4. The highest BCUT2D eigenvalue weighted by molar-refractivity contribution is 6.04. The Morgan fingerprint density at radius 3 is 2.68 bits per heavy atom. The molecule has 128 valence electrons.